The number of nitrogens with zero attached hydrogens (tertiary/aromatic N) is 2. The molecule has 0 amide bonds. The summed E-state index contributed by atoms with van der Waals surface area (Å²) in [5.41, 5.74) is 2.12. The first kappa shape index (κ1) is 6.91. The van der Waals surface area contributed by atoms with Gasteiger partial charge in [-0.2, -0.15) is 0 Å². The van der Waals surface area contributed by atoms with E-state index in [0.717, 1.165) is 23.4 Å². The summed E-state index contributed by atoms with van der Waals surface area (Å²) in [5, 5.41) is 0. The van der Waals surface area contributed by atoms with Crippen LogP contribution in [-0.4, -0.2) is 19.9 Å². The van der Waals surface area contributed by atoms with Crippen LogP contribution in [0.4, 0.5) is 0 Å². The van der Waals surface area contributed by atoms with E-state index in [2.05, 4.69) is 9.97 Å². The highest BCUT2D eigenvalue weighted by molar-refractivity contribution is 7.84. The SMILES string of the molecule is O=S1CCc2ncncc2C1. The van der Waals surface area contributed by atoms with E-state index in [9.17, 15) is 4.21 Å². The Bertz CT molecular complexity index is 300. The molecule has 2 rings (SSSR count). The highest BCUT2D eigenvalue weighted by Gasteiger charge is 2.14. The van der Waals surface area contributed by atoms with Gasteiger partial charge in [-0.3, -0.25) is 4.21 Å². The van der Waals surface area contributed by atoms with Crippen molar-refractivity contribution in [2.24, 2.45) is 0 Å². The largest absolute Gasteiger partial charge is 0.259 e. The first-order valence-electron chi connectivity index (χ1n) is 3.49. The van der Waals surface area contributed by atoms with Crippen LogP contribution in [0.25, 0.3) is 0 Å². The average Bonchev–Trinajstić information content (AvgIpc) is 2.04. The van der Waals surface area contributed by atoms with E-state index in [1.165, 1.54) is 0 Å². The van der Waals surface area contributed by atoms with E-state index in [1.807, 2.05) is 0 Å². The Kier molecular flexibility index (Phi) is 1.69. The summed E-state index contributed by atoms with van der Waals surface area (Å²) in [6.07, 6.45) is 4.15. The Morgan fingerprint density at radius 2 is 2.45 bits per heavy atom. The first-order valence-corrected chi connectivity index (χ1v) is 4.98. The molecule has 0 fully saturated rings. The molecule has 2 heterocycles. The molecule has 0 bridgehead atoms. The highest BCUT2D eigenvalue weighted by Crippen LogP contribution is 2.13. The lowest BCUT2D eigenvalue weighted by Crippen LogP contribution is -2.14. The molecule has 3 nitrogen and oxygen atoms in total. The van der Waals surface area contributed by atoms with Crippen molar-refractivity contribution in [3.63, 3.8) is 0 Å². The molecule has 0 aromatic carbocycles. The highest BCUT2D eigenvalue weighted by atomic mass is 32.2. The maximum absolute atomic E-state index is 11.1. The number of hydrogen-bond acceptors (Lipinski definition) is 3. The third-order valence-electron chi connectivity index (χ3n) is 1.76. The lowest BCUT2D eigenvalue weighted by atomic mass is 10.2. The monoisotopic (exact) mass is 168 g/mol. The molecular formula is C7H8N2OS. The quantitative estimate of drug-likeness (QED) is 0.559. The molecule has 1 aliphatic rings. The fourth-order valence-electron chi connectivity index (χ4n) is 1.19. The summed E-state index contributed by atoms with van der Waals surface area (Å²) in [7, 11) is -0.682. The van der Waals surface area contributed by atoms with E-state index >= 15 is 0 Å². The van der Waals surface area contributed by atoms with Crippen molar-refractivity contribution >= 4 is 10.8 Å². The summed E-state index contributed by atoms with van der Waals surface area (Å²) in [4.78, 5) is 8.00. The zero-order chi connectivity index (χ0) is 7.68. The van der Waals surface area contributed by atoms with Crippen molar-refractivity contribution in [1.82, 2.24) is 9.97 Å². The Hall–Kier alpha value is -0.770. The summed E-state index contributed by atoms with van der Waals surface area (Å²) in [5.74, 6) is 1.39. The second-order valence-electron chi connectivity index (χ2n) is 2.53. The van der Waals surface area contributed by atoms with Crippen LogP contribution in [0.15, 0.2) is 12.5 Å². The fourth-order valence-corrected chi connectivity index (χ4v) is 2.34. The van der Waals surface area contributed by atoms with Crippen molar-refractivity contribution in [3.05, 3.63) is 23.8 Å². The second kappa shape index (κ2) is 2.70. The lowest BCUT2D eigenvalue weighted by molar-refractivity contribution is 0.678. The molecule has 0 spiro atoms. The third-order valence-corrected chi connectivity index (χ3v) is 3.06. The molecule has 0 aliphatic carbocycles. The second-order valence-corrected chi connectivity index (χ2v) is 4.11. The zero-order valence-electron chi connectivity index (χ0n) is 5.99. The minimum atomic E-state index is -0.682. The van der Waals surface area contributed by atoms with Gasteiger partial charge in [-0.1, -0.05) is 0 Å². The van der Waals surface area contributed by atoms with E-state index in [4.69, 9.17) is 0 Å². The molecule has 1 unspecified atom stereocenters. The summed E-state index contributed by atoms with van der Waals surface area (Å²) in [6, 6.07) is 0. The smallest absolute Gasteiger partial charge is 0.115 e. The maximum Gasteiger partial charge on any atom is 0.115 e. The minimum Gasteiger partial charge on any atom is -0.259 e. The number of fused-ring (bicyclic) bond motifs is 1. The number of hydrogen-bond donors (Lipinski definition) is 0. The molecule has 0 saturated heterocycles. The molecule has 1 aromatic rings. The van der Waals surface area contributed by atoms with Gasteiger partial charge >= 0.3 is 0 Å². The molecular weight excluding hydrogens is 160 g/mol. The van der Waals surface area contributed by atoms with E-state index < -0.39 is 10.8 Å². The van der Waals surface area contributed by atoms with Crippen molar-refractivity contribution in [1.29, 1.82) is 0 Å². The van der Waals surface area contributed by atoms with E-state index in [1.54, 1.807) is 12.5 Å². The molecule has 0 saturated carbocycles. The van der Waals surface area contributed by atoms with Crippen LogP contribution in [-0.2, 0) is 23.0 Å². The third kappa shape index (κ3) is 1.30. The normalized spacial score (nSPS) is 22.7. The fraction of sp³-hybridized carbons (Fsp3) is 0.429. The van der Waals surface area contributed by atoms with E-state index in [-0.39, 0.29) is 0 Å². The van der Waals surface area contributed by atoms with Gasteiger partial charge in [-0.15, -0.1) is 0 Å². The van der Waals surface area contributed by atoms with Crippen molar-refractivity contribution in [2.45, 2.75) is 12.2 Å². The van der Waals surface area contributed by atoms with Crippen molar-refractivity contribution < 1.29 is 4.21 Å². The summed E-state index contributed by atoms with van der Waals surface area (Å²) in [6.45, 7) is 0. The predicted octanol–water partition coefficient (Wildman–Crippen LogP) is 0.281. The molecule has 1 aliphatic heterocycles. The van der Waals surface area contributed by atoms with Gasteiger partial charge < -0.3 is 0 Å². The van der Waals surface area contributed by atoms with Gasteiger partial charge in [0.05, 0.1) is 5.75 Å². The number of rotatable bonds is 0. The Morgan fingerprint density at radius 1 is 1.55 bits per heavy atom. The van der Waals surface area contributed by atoms with Crippen LogP contribution < -0.4 is 0 Å². The van der Waals surface area contributed by atoms with Gasteiger partial charge in [-0.05, 0) is 0 Å². The Morgan fingerprint density at radius 3 is 3.36 bits per heavy atom. The minimum absolute atomic E-state index is 0.635. The van der Waals surface area contributed by atoms with Crippen LogP contribution in [0, 0.1) is 0 Å². The Balaban J connectivity index is 2.41. The first-order chi connectivity index (χ1) is 5.36. The van der Waals surface area contributed by atoms with Gasteiger partial charge in [0, 0.05) is 40.4 Å². The van der Waals surface area contributed by atoms with Crippen LogP contribution in [0.3, 0.4) is 0 Å². The topological polar surface area (TPSA) is 42.9 Å². The van der Waals surface area contributed by atoms with Crippen molar-refractivity contribution in [2.75, 3.05) is 5.75 Å². The Labute approximate surface area is 67.3 Å². The maximum atomic E-state index is 11.1. The van der Waals surface area contributed by atoms with Gasteiger partial charge in [-0.25, -0.2) is 9.97 Å². The molecule has 11 heavy (non-hydrogen) atoms. The van der Waals surface area contributed by atoms with Crippen LogP contribution >= 0.6 is 0 Å². The predicted molar refractivity (Wildman–Crippen MR) is 42.4 cm³/mol. The summed E-state index contributed by atoms with van der Waals surface area (Å²) < 4.78 is 11.1. The van der Waals surface area contributed by atoms with Gasteiger partial charge in [0.1, 0.15) is 6.33 Å². The molecule has 4 heteroatoms. The number of aromatic nitrogens is 2. The average molecular weight is 168 g/mol. The van der Waals surface area contributed by atoms with Crippen LogP contribution in [0.2, 0.25) is 0 Å². The molecule has 1 aromatic heterocycles. The molecule has 58 valence electrons. The number of aryl methyl sites for hydroxylation is 1. The standard InChI is InChI=1S/C7H8N2OS/c10-11-2-1-7-6(4-11)3-8-5-9-7/h3,5H,1-2,4H2. The van der Waals surface area contributed by atoms with Crippen LogP contribution in [0.5, 0.6) is 0 Å². The molecule has 1 atom stereocenters. The zero-order valence-corrected chi connectivity index (χ0v) is 6.80. The molecule has 0 radical (unpaired) electrons. The van der Waals surface area contributed by atoms with Crippen molar-refractivity contribution in [3.8, 4) is 0 Å². The van der Waals surface area contributed by atoms with Gasteiger partial charge in [0.15, 0.2) is 0 Å². The van der Waals surface area contributed by atoms with Gasteiger partial charge in [0.2, 0.25) is 0 Å². The van der Waals surface area contributed by atoms with E-state index in [0.29, 0.717) is 5.75 Å². The summed E-state index contributed by atoms with van der Waals surface area (Å²) >= 11 is 0. The lowest BCUT2D eigenvalue weighted by Gasteiger charge is -2.12. The molecule has 0 N–H and O–H groups in total. The van der Waals surface area contributed by atoms with Gasteiger partial charge in [0.25, 0.3) is 0 Å². The van der Waals surface area contributed by atoms with Crippen LogP contribution in [0.1, 0.15) is 11.3 Å².